The summed E-state index contributed by atoms with van der Waals surface area (Å²) >= 11 is 3.46. The molecule has 1 aromatic carbocycles. The van der Waals surface area contributed by atoms with Gasteiger partial charge >= 0.3 is 0 Å². The Morgan fingerprint density at radius 2 is 2.00 bits per heavy atom. The van der Waals surface area contributed by atoms with Gasteiger partial charge in [0.2, 0.25) is 0 Å². The first-order chi connectivity index (χ1) is 8.49. The highest BCUT2D eigenvalue weighted by atomic mass is 79.9. The molecular formula is C14H16BrN3. The molecule has 94 valence electrons. The smallest absolute Gasteiger partial charge is 0.159 e. The van der Waals surface area contributed by atoms with Crippen molar-refractivity contribution in [2.24, 2.45) is 0 Å². The van der Waals surface area contributed by atoms with Gasteiger partial charge in [0.25, 0.3) is 0 Å². The number of hydrogen-bond donors (Lipinski definition) is 1. The van der Waals surface area contributed by atoms with Crippen LogP contribution in [0.15, 0.2) is 28.9 Å². The summed E-state index contributed by atoms with van der Waals surface area (Å²) in [5.41, 5.74) is 9.64. The summed E-state index contributed by atoms with van der Waals surface area (Å²) in [5.74, 6) is 1.03. The first-order valence-electron chi connectivity index (χ1n) is 5.88. The van der Waals surface area contributed by atoms with Crippen LogP contribution >= 0.6 is 15.9 Å². The third-order valence-electron chi connectivity index (χ3n) is 2.82. The number of rotatable bonds is 2. The second-order valence-electron chi connectivity index (χ2n) is 4.65. The van der Waals surface area contributed by atoms with Gasteiger partial charge in [-0.2, -0.15) is 0 Å². The van der Waals surface area contributed by atoms with Crippen molar-refractivity contribution in [1.82, 2.24) is 9.97 Å². The van der Waals surface area contributed by atoms with E-state index in [4.69, 9.17) is 5.73 Å². The first kappa shape index (κ1) is 13.0. The van der Waals surface area contributed by atoms with Gasteiger partial charge in [-0.3, -0.25) is 0 Å². The predicted molar refractivity (Wildman–Crippen MR) is 78.4 cm³/mol. The van der Waals surface area contributed by atoms with E-state index in [1.807, 2.05) is 12.1 Å². The average molecular weight is 306 g/mol. The molecule has 2 N–H and O–H groups in total. The van der Waals surface area contributed by atoms with E-state index in [-0.39, 0.29) is 0 Å². The predicted octanol–water partition coefficient (Wildman–Crippen LogP) is 3.92. The first-order valence-corrected chi connectivity index (χ1v) is 6.67. The molecule has 0 amide bonds. The van der Waals surface area contributed by atoms with Crippen LogP contribution in [0.3, 0.4) is 0 Å². The SMILES string of the molecule is Cc1cc(Br)ccc1-c1ncc(N)c(C(C)C)n1. The zero-order valence-electron chi connectivity index (χ0n) is 10.7. The van der Waals surface area contributed by atoms with Crippen LogP contribution in [0, 0.1) is 6.92 Å². The minimum Gasteiger partial charge on any atom is -0.396 e. The standard InChI is InChI=1S/C14H16BrN3/c1-8(2)13-12(16)7-17-14(18-13)11-5-4-10(15)6-9(11)3/h4-8H,16H2,1-3H3. The number of nitrogens with two attached hydrogens (primary N) is 1. The average Bonchev–Trinajstić information content (AvgIpc) is 2.30. The maximum absolute atomic E-state index is 5.90. The third-order valence-corrected chi connectivity index (χ3v) is 3.32. The van der Waals surface area contributed by atoms with Crippen LogP contribution < -0.4 is 5.73 Å². The molecular weight excluding hydrogens is 290 g/mol. The minimum absolute atomic E-state index is 0.294. The second-order valence-corrected chi connectivity index (χ2v) is 5.56. The number of hydrogen-bond acceptors (Lipinski definition) is 3. The van der Waals surface area contributed by atoms with Crippen molar-refractivity contribution in [3.63, 3.8) is 0 Å². The van der Waals surface area contributed by atoms with E-state index < -0.39 is 0 Å². The zero-order valence-corrected chi connectivity index (χ0v) is 12.3. The maximum Gasteiger partial charge on any atom is 0.159 e. The van der Waals surface area contributed by atoms with E-state index >= 15 is 0 Å². The second kappa shape index (κ2) is 5.06. The Bertz CT molecular complexity index is 579. The fourth-order valence-corrected chi connectivity index (χ4v) is 2.35. The molecule has 0 fully saturated rings. The van der Waals surface area contributed by atoms with Gasteiger partial charge in [-0.25, -0.2) is 9.97 Å². The molecule has 0 aliphatic rings. The molecule has 0 saturated carbocycles. The lowest BCUT2D eigenvalue weighted by Crippen LogP contribution is -2.03. The van der Waals surface area contributed by atoms with E-state index in [0.717, 1.165) is 27.1 Å². The van der Waals surface area contributed by atoms with Gasteiger partial charge in [-0.15, -0.1) is 0 Å². The van der Waals surface area contributed by atoms with E-state index in [0.29, 0.717) is 11.6 Å². The summed E-state index contributed by atoms with van der Waals surface area (Å²) in [6.45, 7) is 6.21. The van der Waals surface area contributed by atoms with Gasteiger partial charge in [-0.05, 0) is 36.6 Å². The van der Waals surface area contributed by atoms with Crippen LogP contribution in [0.25, 0.3) is 11.4 Å². The van der Waals surface area contributed by atoms with Crippen LogP contribution in [0.5, 0.6) is 0 Å². The fraction of sp³-hybridized carbons (Fsp3) is 0.286. The van der Waals surface area contributed by atoms with Crippen molar-refractivity contribution in [1.29, 1.82) is 0 Å². The molecule has 1 aromatic heterocycles. The molecule has 0 aliphatic carbocycles. The van der Waals surface area contributed by atoms with Crippen LogP contribution in [0.4, 0.5) is 5.69 Å². The highest BCUT2D eigenvalue weighted by molar-refractivity contribution is 9.10. The van der Waals surface area contributed by atoms with E-state index in [9.17, 15) is 0 Å². The van der Waals surface area contributed by atoms with Crippen molar-refractivity contribution < 1.29 is 0 Å². The fourth-order valence-electron chi connectivity index (χ4n) is 1.87. The number of nitrogens with zero attached hydrogens (tertiary/aromatic N) is 2. The lowest BCUT2D eigenvalue weighted by atomic mass is 10.1. The molecule has 18 heavy (non-hydrogen) atoms. The summed E-state index contributed by atoms with van der Waals surface area (Å²) in [7, 11) is 0. The highest BCUT2D eigenvalue weighted by Gasteiger charge is 2.11. The Kier molecular flexibility index (Phi) is 3.66. The number of aryl methyl sites for hydroxylation is 1. The van der Waals surface area contributed by atoms with Crippen LogP contribution in [-0.2, 0) is 0 Å². The molecule has 4 heteroatoms. The van der Waals surface area contributed by atoms with Crippen LogP contribution in [0.1, 0.15) is 31.0 Å². The summed E-state index contributed by atoms with van der Waals surface area (Å²) in [5, 5.41) is 0. The van der Waals surface area contributed by atoms with Crippen molar-refractivity contribution in [3.05, 3.63) is 40.1 Å². The topological polar surface area (TPSA) is 51.8 Å². The Balaban J connectivity index is 2.54. The summed E-state index contributed by atoms with van der Waals surface area (Å²) < 4.78 is 1.06. The molecule has 0 spiro atoms. The summed E-state index contributed by atoms with van der Waals surface area (Å²) in [6, 6.07) is 6.08. The van der Waals surface area contributed by atoms with E-state index in [2.05, 4.69) is 52.7 Å². The Morgan fingerprint density at radius 1 is 1.28 bits per heavy atom. The number of anilines is 1. The molecule has 0 unspecified atom stereocenters. The summed E-state index contributed by atoms with van der Waals surface area (Å²) in [6.07, 6.45) is 1.69. The molecule has 2 rings (SSSR count). The minimum atomic E-state index is 0.294. The summed E-state index contributed by atoms with van der Waals surface area (Å²) in [4.78, 5) is 8.91. The lowest BCUT2D eigenvalue weighted by Gasteiger charge is -2.11. The molecule has 0 saturated heterocycles. The number of nitrogen functional groups attached to an aromatic ring is 1. The molecule has 0 aliphatic heterocycles. The Morgan fingerprint density at radius 3 is 2.61 bits per heavy atom. The molecule has 3 nitrogen and oxygen atoms in total. The van der Waals surface area contributed by atoms with Gasteiger partial charge < -0.3 is 5.73 Å². The monoisotopic (exact) mass is 305 g/mol. The van der Waals surface area contributed by atoms with Gasteiger partial charge in [0.1, 0.15) is 0 Å². The zero-order chi connectivity index (χ0) is 13.3. The van der Waals surface area contributed by atoms with Gasteiger partial charge in [0.15, 0.2) is 5.82 Å². The highest BCUT2D eigenvalue weighted by Crippen LogP contribution is 2.26. The lowest BCUT2D eigenvalue weighted by molar-refractivity contribution is 0.821. The van der Waals surface area contributed by atoms with Crippen molar-refractivity contribution in [2.45, 2.75) is 26.7 Å². The van der Waals surface area contributed by atoms with Crippen molar-refractivity contribution >= 4 is 21.6 Å². The Labute approximate surface area is 116 Å². The third kappa shape index (κ3) is 2.53. The van der Waals surface area contributed by atoms with Crippen molar-refractivity contribution in [2.75, 3.05) is 5.73 Å². The molecule has 0 radical (unpaired) electrons. The number of benzene rings is 1. The number of aromatic nitrogens is 2. The molecule has 0 bridgehead atoms. The van der Waals surface area contributed by atoms with Gasteiger partial charge in [-0.1, -0.05) is 29.8 Å². The molecule has 0 atom stereocenters. The quantitative estimate of drug-likeness (QED) is 0.915. The van der Waals surface area contributed by atoms with E-state index in [1.54, 1.807) is 6.20 Å². The maximum atomic E-state index is 5.90. The molecule has 2 aromatic rings. The van der Waals surface area contributed by atoms with Crippen molar-refractivity contribution in [3.8, 4) is 11.4 Å². The van der Waals surface area contributed by atoms with Crippen LogP contribution in [0.2, 0.25) is 0 Å². The normalized spacial score (nSPS) is 10.9. The Hall–Kier alpha value is -1.42. The van der Waals surface area contributed by atoms with Gasteiger partial charge in [0, 0.05) is 10.0 Å². The number of halogens is 1. The van der Waals surface area contributed by atoms with Crippen LogP contribution in [-0.4, -0.2) is 9.97 Å². The molecule has 1 heterocycles. The largest absolute Gasteiger partial charge is 0.396 e. The van der Waals surface area contributed by atoms with Gasteiger partial charge in [0.05, 0.1) is 17.6 Å². The van der Waals surface area contributed by atoms with E-state index in [1.165, 1.54) is 0 Å².